The Hall–Kier alpha value is -2.01. The highest BCUT2D eigenvalue weighted by Crippen LogP contribution is 2.39. The summed E-state index contributed by atoms with van der Waals surface area (Å²) in [5.74, 6) is 0.393. The maximum absolute atomic E-state index is 13.3. The molecule has 122 valence electrons. The Balaban J connectivity index is 2.19. The molecule has 0 saturated carbocycles. The maximum Gasteiger partial charge on any atom is 0.268 e. The van der Waals surface area contributed by atoms with Crippen LogP contribution in [-0.4, -0.2) is 21.6 Å². The van der Waals surface area contributed by atoms with Crippen LogP contribution in [-0.2, 0) is 16.4 Å². The van der Waals surface area contributed by atoms with Crippen molar-refractivity contribution in [3.63, 3.8) is 0 Å². The number of sulfonamides is 1. The average molecular weight is 331 g/mol. The third-order valence-electron chi connectivity index (χ3n) is 4.46. The first kappa shape index (κ1) is 15.9. The van der Waals surface area contributed by atoms with Gasteiger partial charge in [-0.05, 0) is 62.1 Å². The van der Waals surface area contributed by atoms with Crippen molar-refractivity contribution in [2.24, 2.45) is 0 Å². The highest BCUT2D eigenvalue weighted by atomic mass is 32.2. The van der Waals surface area contributed by atoms with Crippen LogP contribution >= 0.6 is 0 Å². The molecule has 0 N–H and O–H groups in total. The number of hydrogen-bond acceptors (Lipinski definition) is 3. The fourth-order valence-electron chi connectivity index (χ4n) is 3.13. The molecule has 1 atom stereocenters. The molecule has 3 rings (SSSR count). The lowest BCUT2D eigenvalue weighted by molar-refractivity contribution is 0.402. The second-order valence-electron chi connectivity index (χ2n) is 6.07. The molecule has 1 aliphatic rings. The molecule has 2 aromatic carbocycles. The Bertz CT molecular complexity index is 859. The van der Waals surface area contributed by atoms with Gasteiger partial charge in [0.1, 0.15) is 10.6 Å². The standard InChI is InChI=1S/C18H21NO3S/c1-12-9-17(22-4)18(10-13(12)2)23(20,21)19-14(3)11-15-7-5-6-8-16(15)19/h5-10,14H,11H2,1-4H3/t14-/m0/s1. The van der Waals surface area contributed by atoms with E-state index < -0.39 is 10.0 Å². The van der Waals surface area contributed by atoms with Gasteiger partial charge in [-0.15, -0.1) is 0 Å². The summed E-state index contributed by atoms with van der Waals surface area (Å²) in [6, 6.07) is 11.0. The van der Waals surface area contributed by atoms with Gasteiger partial charge in [-0.3, -0.25) is 4.31 Å². The number of ether oxygens (including phenoxy) is 1. The molecule has 23 heavy (non-hydrogen) atoms. The number of nitrogens with zero attached hydrogens (tertiary/aromatic N) is 1. The number of anilines is 1. The molecule has 5 heteroatoms. The molecule has 0 bridgehead atoms. The fraction of sp³-hybridized carbons (Fsp3) is 0.333. The average Bonchev–Trinajstić information content (AvgIpc) is 2.85. The summed E-state index contributed by atoms with van der Waals surface area (Å²) >= 11 is 0. The summed E-state index contributed by atoms with van der Waals surface area (Å²) in [7, 11) is -2.17. The number of benzene rings is 2. The van der Waals surface area contributed by atoms with Crippen molar-refractivity contribution in [1.29, 1.82) is 0 Å². The van der Waals surface area contributed by atoms with Gasteiger partial charge < -0.3 is 4.74 Å². The molecule has 4 nitrogen and oxygen atoms in total. The van der Waals surface area contributed by atoms with Crippen LogP contribution in [0.3, 0.4) is 0 Å². The number of methoxy groups -OCH3 is 1. The van der Waals surface area contributed by atoms with Crippen molar-refractivity contribution in [2.75, 3.05) is 11.4 Å². The number of fused-ring (bicyclic) bond motifs is 1. The summed E-state index contributed by atoms with van der Waals surface area (Å²) in [5.41, 5.74) is 3.77. The third kappa shape index (κ3) is 2.49. The van der Waals surface area contributed by atoms with Gasteiger partial charge in [0.05, 0.1) is 12.8 Å². The molecule has 0 aliphatic carbocycles. The topological polar surface area (TPSA) is 46.6 Å². The second-order valence-corrected chi connectivity index (χ2v) is 7.85. The largest absolute Gasteiger partial charge is 0.495 e. The first-order valence-electron chi connectivity index (χ1n) is 7.64. The highest BCUT2D eigenvalue weighted by molar-refractivity contribution is 7.93. The van der Waals surface area contributed by atoms with Gasteiger partial charge in [0.2, 0.25) is 0 Å². The van der Waals surface area contributed by atoms with Gasteiger partial charge in [0, 0.05) is 6.04 Å². The van der Waals surface area contributed by atoms with Crippen LogP contribution in [0, 0.1) is 13.8 Å². The van der Waals surface area contributed by atoms with E-state index in [1.165, 1.54) is 11.4 Å². The zero-order valence-corrected chi connectivity index (χ0v) is 14.6. The molecule has 1 aliphatic heterocycles. The fourth-order valence-corrected chi connectivity index (χ4v) is 5.05. The summed E-state index contributed by atoms with van der Waals surface area (Å²) in [6.45, 7) is 5.79. The van der Waals surface area contributed by atoms with Crippen molar-refractivity contribution in [2.45, 2.75) is 38.1 Å². The molecule has 1 heterocycles. The third-order valence-corrected chi connectivity index (χ3v) is 6.41. The van der Waals surface area contributed by atoms with Crippen LogP contribution in [0.4, 0.5) is 5.69 Å². The van der Waals surface area contributed by atoms with Crippen LogP contribution in [0.25, 0.3) is 0 Å². The number of para-hydroxylation sites is 1. The summed E-state index contributed by atoms with van der Waals surface area (Å²) in [5, 5.41) is 0. The minimum atomic E-state index is -3.67. The lowest BCUT2D eigenvalue weighted by Gasteiger charge is -2.25. The second kappa shape index (κ2) is 5.57. The molecule has 0 saturated heterocycles. The minimum absolute atomic E-state index is 0.108. The van der Waals surface area contributed by atoms with Gasteiger partial charge >= 0.3 is 0 Å². The number of aryl methyl sites for hydroxylation is 2. The van der Waals surface area contributed by atoms with Gasteiger partial charge in [-0.25, -0.2) is 8.42 Å². The maximum atomic E-state index is 13.3. The predicted molar refractivity (Wildman–Crippen MR) is 91.7 cm³/mol. The molecule has 0 spiro atoms. The van der Waals surface area contributed by atoms with E-state index in [0.717, 1.165) is 28.8 Å². The van der Waals surface area contributed by atoms with Crippen LogP contribution in [0.1, 0.15) is 23.6 Å². The van der Waals surface area contributed by atoms with Crippen molar-refractivity contribution >= 4 is 15.7 Å². The van der Waals surface area contributed by atoms with Gasteiger partial charge in [-0.1, -0.05) is 18.2 Å². The van der Waals surface area contributed by atoms with E-state index in [4.69, 9.17) is 4.74 Å². The molecular formula is C18H21NO3S. The van der Waals surface area contributed by atoms with E-state index in [2.05, 4.69) is 0 Å². The Labute approximate surface area is 137 Å². The molecule has 0 fully saturated rings. The lowest BCUT2D eigenvalue weighted by Crippen LogP contribution is -2.36. The molecule has 0 aromatic heterocycles. The van der Waals surface area contributed by atoms with Crippen LogP contribution in [0.15, 0.2) is 41.3 Å². The predicted octanol–water partition coefficient (Wildman–Crippen LogP) is 3.45. The minimum Gasteiger partial charge on any atom is -0.495 e. The van der Waals surface area contributed by atoms with Crippen LogP contribution < -0.4 is 9.04 Å². The molecular weight excluding hydrogens is 310 g/mol. The van der Waals surface area contributed by atoms with Gasteiger partial charge in [0.25, 0.3) is 10.0 Å². The number of rotatable bonds is 3. The molecule has 0 amide bonds. The van der Waals surface area contributed by atoms with E-state index >= 15 is 0 Å². The number of hydrogen-bond donors (Lipinski definition) is 0. The van der Waals surface area contributed by atoms with E-state index in [0.29, 0.717) is 5.75 Å². The summed E-state index contributed by atoms with van der Waals surface area (Å²) in [4.78, 5) is 0.228. The Morgan fingerprint density at radius 1 is 1.13 bits per heavy atom. The van der Waals surface area contributed by atoms with E-state index in [-0.39, 0.29) is 10.9 Å². The smallest absolute Gasteiger partial charge is 0.268 e. The van der Waals surface area contributed by atoms with E-state index in [1.54, 1.807) is 12.1 Å². The molecule has 2 aromatic rings. The Morgan fingerprint density at radius 3 is 2.48 bits per heavy atom. The monoisotopic (exact) mass is 331 g/mol. The van der Waals surface area contributed by atoms with Gasteiger partial charge in [-0.2, -0.15) is 0 Å². The highest BCUT2D eigenvalue weighted by Gasteiger charge is 2.37. The van der Waals surface area contributed by atoms with E-state index in [1.807, 2.05) is 45.0 Å². The Morgan fingerprint density at radius 2 is 1.78 bits per heavy atom. The summed E-state index contributed by atoms with van der Waals surface area (Å²) in [6.07, 6.45) is 0.725. The first-order valence-corrected chi connectivity index (χ1v) is 9.08. The molecule has 0 unspecified atom stereocenters. The first-order chi connectivity index (χ1) is 10.9. The zero-order chi connectivity index (χ0) is 16.8. The van der Waals surface area contributed by atoms with E-state index in [9.17, 15) is 8.42 Å². The van der Waals surface area contributed by atoms with Crippen LogP contribution in [0.2, 0.25) is 0 Å². The quantitative estimate of drug-likeness (QED) is 0.865. The zero-order valence-electron chi connectivity index (χ0n) is 13.8. The van der Waals surface area contributed by atoms with Crippen LogP contribution in [0.5, 0.6) is 5.75 Å². The van der Waals surface area contributed by atoms with Crippen molar-refractivity contribution < 1.29 is 13.2 Å². The summed E-state index contributed by atoms with van der Waals surface area (Å²) < 4.78 is 33.5. The lowest BCUT2D eigenvalue weighted by atomic mass is 10.1. The van der Waals surface area contributed by atoms with Gasteiger partial charge in [0.15, 0.2) is 0 Å². The Kier molecular flexibility index (Phi) is 3.84. The normalized spacial score (nSPS) is 17.2. The van der Waals surface area contributed by atoms with Crippen molar-refractivity contribution in [3.8, 4) is 5.75 Å². The van der Waals surface area contributed by atoms with Crippen molar-refractivity contribution in [3.05, 3.63) is 53.1 Å². The van der Waals surface area contributed by atoms with Crippen molar-refractivity contribution in [1.82, 2.24) is 0 Å². The SMILES string of the molecule is COc1cc(C)c(C)cc1S(=O)(=O)N1c2ccccc2C[C@@H]1C. The molecule has 0 radical (unpaired) electrons.